The second-order valence-electron chi connectivity index (χ2n) is 14.9. The molecule has 10 nitrogen and oxygen atoms in total. The van der Waals surface area contributed by atoms with Crippen molar-refractivity contribution in [1.29, 1.82) is 0 Å². The maximum atomic E-state index is 14.5. The van der Waals surface area contributed by atoms with Crippen molar-refractivity contribution in [2.24, 2.45) is 29.6 Å². The van der Waals surface area contributed by atoms with E-state index < -0.39 is 34.3 Å². The van der Waals surface area contributed by atoms with Crippen molar-refractivity contribution in [3.63, 3.8) is 0 Å². The molecule has 1 aliphatic carbocycles. The van der Waals surface area contributed by atoms with E-state index in [0.29, 0.717) is 57.8 Å². The van der Waals surface area contributed by atoms with Gasteiger partial charge in [-0.05, 0) is 83.9 Å². The van der Waals surface area contributed by atoms with Crippen LogP contribution in [0, 0.1) is 29.6 Å². The van der Waals surface area contributed by atoms with Gasteiger partial charge in [0.1, 0.15) is 6.61 Å². The van der Waals surface area contributed by atoms with E-state index in [4.69, 9.17) is 37.9 Å². The molecule has 7 atom stereocenters. The Morgan fingerprint density at radius 2 is 1.65 bits per heavy atom. The number of methoxy groups -OCH3 is 3. The van der Waals surface area contributed by atoms with Crippen molar-refractivity contribution in [3.05, 3.63) is 71.3 Å². The quantitative estimate of drug-likeness (QED) is 0.168. The number of thioether (sulfide) groups is 2. The highest BCUT2D eigenvalue weighted by Crippen LogP contribution is 2.65. The molecule has 3 aromatic rings. The lowest BCUT2D eigenvalue weighted by Gasteiger charge is -2.46. The first kappa shape index (κ1) is 38.8. The predicted octanol–water partition coefficient (Wildman–Crippen LogP) is 8.37. The molecule has 4 aliphatic rings. The summed E-state index contributed by atoms with van der Waals surface area (Å²) in [5.41, 5.74) is 2.26. The Bertz CT molecular complexity index is 1740. The van der Waals surface area contributed by atoms with Gasteiger partial charge in [0.05, 0.1) is 49.5 Å². The normalized spacial score (nSPS) is 26.6. The van der Waals surface area contributed by atoms with Crippen LogP contribution in [-0.4, -0.2) is 63.1 Å². The highest BCUT2D eigenvalue weighted by molar-refractivity contribution is 8.18. The first-order chi connectivity index (χ1) is 26.2. The molecule has 3 aromatic carbocycles. The largest absolute Gasteiger partial charge is 0.493 e. The van der Waals surface area contributed by atoms with Crippen molar-refractivity contribution in [2.75, 3.05) is 39.6 Å². The number of hydrogen-bond donors (Lipinski definition) is 1. The number of benzene rings is 3. The Balaban J connectivity index is 1.33. The van der Waals surface area contributed by atoms with E-state index in [0.717, 1.165) is 48.3 Å². The maximum absolute atomic E-state index is 14.5. The summed E-state index contributed by atoms with van der Waals surface area (Å²) in [7, 11) is 4.71. The third-order valence-corrected chi connectivity index (χ3v) is 14.8. The van der Waals surface area contributed by atoms with Gasteiger partial charge in [-0.3, -0.25) is 4.79 Å². The Kier molecular flexibility index (Phi) is 12.0. The Morgan fingerprint density at radius 1 is 0.926 bits per heavy atom. The number of aliphatic hydroxyl groups is 1. The fourth-order valence-corrected chi connectivity index (χ4v) is 12.3. The number of rotatable bonds is 13. The van der Waals surface area contributed by atoms with Gasteiger partial charge in [-0.25, -0.2) is 0 Å². The number of aliphatic hydroxyl groups excluding tert-OH is 1. The molecular formula is C42H52O10S2. The van der Waals surface area contributed by atoms with Crippen LogP contribution >= 0.6 is 23.5 Å². The lowest BCUT2D eigenvalue weighted by molar-refractivity contribution is -0.197. The molecule has 0 aromatic heterocycles. The predicted molar refractivity (Wildman–Crippen MR) is 209 cm³/mol. The third-order valence-electron chi connectivity index (χ3n) is 11.3. The minimum Gasteiger partial charge on any atom is -0.493 e. The Morgan fingerprint density at radius 3 is 2.31 bits per heavy atom. The summed E-state index contributed by atoms with van der Waals surface area (Å²) in [5, 5.41) is 12.6. The molecule has 0 unspecified atom stereocenters. The van der Waals surface area contributed by atoms with Gasteiger partial charge >= 0.3 is 5.97 Å². The second kappa shape index (κ2) is 16.7. The fourth-order valence-electron chi connectivity index (χ4n) is 8.53. The van der Waals surface area contributed by atoms with Crippen molar-refractivity contribution < 1.29 is 47.8 Å². The van der Waals surface area contributed by atoms with Crippen LogP contribution < -0.4 is 28.4 Å². The topological polar surface area (TPSA) is 111 Å². The molecule has 0 amide bonds. The highest BCUT2D eigenvalue weighted by atomic mass is 32.2. The van der Waals surface area contributed by atoms with Gasteiger partial charge in [-0.15, -0.1) is 23.5 Å². The Hall–Kier alpha value is -3.45. The van der Waals surface area contributed by atoms with Gasteiger partial charge in [0.25, 0.3) is 0 Å². The molecule has 3 aliphatic heterocycles. The zero-order valence-corrected chi connectivity index (χ0v) is 33.5. The van der Waals surface area contributed by atoms with Gasteiger partial charge in [-0.2, -0.15) is 0 Å². The van der Waals surface area contributed by atoms with E-state index in [9.17, 15) is 9.90 Å². The average Bonchev–Trinajstić information content (AvgIpc) is 3.80. The van der Waals surface area contributed by atoms with Crippen molar-refractivity contribution in [1.82, 2.24) is 0 Å². The van der Waals surface area contributed by atoms with Gasteiger partial charge in [-0.1, -0.05) is 57.5 Å². The van der Waals surface area contributed by atoms with Gasteiger partial charge < -0.3 is 43.0 Å². The van der Waals surface area contributed by atoms with E-state index in [-0.39, 0.29) is 19.5 Å². The van der Waals surface area contributed by atoms with Crippen LogP contribution in [0.5, 0.6) is 34.5 Å². The molecule has 3 fully saturated rings. The van der Waals surface area contributed by atoms with E-state index in [2.05, 4.69) is 20.8 Å². The van der Waals surface area contributed by atoms with Crippen LogP contribution in [0.2, 0.25) is 0 Å². The highest BCUT2D eigenvalue weighted by Gasteiger charge is 2.62. The van der Waals surface area contributed by atoms with Crippen LogP contribution in [0.3, 0.4) is 0 Å². The molecule has 0 spiro atoms. The summed E-state index contributed by atoms with van der Waals surface area (Å²) in [6.07, 6.45) is 1.68. The fraction of sp³-hybridized carbons (Fsp3) is 0.548. The SMILES string of the molecule is COc1cc([C@@H](O)[C@H]2C(=O)O[C@@H](O[C@@H]3C[C@H](C)CC[C@H]3C(C)C)[C@@H]2C2(c3ccc4c(c3OC)OCO4)SCCCS2)cc(OC)c1OCc1ccccc1. The summed E-state index contributed by atoms with van der Waals surface area (Å²) in [5.74, 6) is 3.49. The number of carbonyl (C=O) groups excluding carboxylic acids is 1. The summed E-state index contributed by atoms with van der Waals surface area (Å²) in [6.45, 7) is 7.11. The lowest BCUT2D eigenvalue weighted by Crippen LogP contribution is -2.46. The maximum Gasteiger partial charge on any atom is 0.314 e. The standard InChI is InChI=1S/C42H52O10S2/c1-24(2)28-14-13-25(3)19-31(28)51-41-35(42(53-17-10-18-54-42)29-15-16-30-39(37(29)47-6)50-23-49-30)34(40(44)52-41)36(43)27-20-32(45-4)38(33(21-27)46-5)48-22-26-11-8-7-9-12-26/h7-9,11-12,15-16,20-21,24-25,28,31,34-36,41,43H,10,13-14,17-19,22-23H2,1-6H3/t25-,28+,31-,34+,35-,36-,41-/m1/s1. The minimum absolute atomic E-state index is 0.0890. The number of fused-ring (bicyclic) bond motifs is 1. The molecule has 2 saturated heterocycles. The molecule has 12 heteroatoms. The second-order valence-corrected chi connectivity index (χ2v) is 17.9. The summed E-state index contributed by atoms with van der Waals surface area (Å²) >= 11 is 3.49. The van der Waals surface area contributed by atoms with E-state index in [1.807, 2.05) is 42.5 Å². The van der Waals surface area contributed by atoms with Gasteiger partial charge in [0.15, 0.2) is 23.0 Å². The number of cyclic esters (lactones) is 1. The molecule has 0 bridgehead atoms. The molecule has 0 radical (unpaired) electrons. The third kappa shape index (κ3) is 7.43. The van der Waals surface area contributed by atoms with E-state index in [1.165, 1.54) is 0 Å². The van der Waals surface area contributed by atoms with Crippen molar-refractivity contribution in [3.8, 4) is 34.5 Å². The van der Waals surface area contributed by atoms with E-state index in [1.54, 1.807) is 57.0 Å². The first-order valence-electron chi connectivity index (χ1n) is 18.9. The summed E-state index contributed by atoms with van der Waals surface area (Å²) in [4.78, 5) is 14.5. The molecule has 1 saturated carbocycles. The zero-order chi connectivity index (χ0) is 38.0. The monoisotopic (exact) mass is 780 g/mol. The number of ether oxygens (including phenoxy) is 8. The molecule has 7 rings (SSSR count). The number of hydrogen-bond acceptors (Lipinski definition) is 12. The summed E-state index contributed by atoms with van der Waals surface area (Å²) < 4.78 is 48.3. The van der Waals surface area contributed by atoms with Gasteiger partial charge in [0, 0.05) is 5.56 Å². The molecule has 3 heterocycles. The van der Waals surface area contributed by atoms with E-state index >= 15 is 0 Å². The van der Waals surface area contributed by atoms with Crippen LogP contribution in [0.4, 0.5) is 0 Å². The molecular weight excluding hydrogens is 729 g/mol. The van der Waals surface area contributed by atoms with Crippen LogP contribution in [0.1, 0.15) is 69.2 Å². The summed E-state index contributed by atoms with van der Waals surface area (Å²) in [6, 6.07) is 17.2. The number of esters is 1. The Labute approximate surface area is 326 Å². The molecule has 1 N–H and O–H groups in total. The van der Waals surface area contributed by atoms with Gasteiger partial charge in [0.2, 0.25) is 24.6 Å². The van der Waals surface area contributed by atoms with Crippen LogP contribution in [0.15, 0.2) is 54.6 Å². The molecule has 54 heavy (non-hydrogen) atoms. The van der Waals surface area contributed by atoms with Crippen molar-refractivity contribution >= 4 is 29.5 Å². The first-order valence-corrected chi connectivity index (χ1v) is 20.9. The smallest absolute Gasteiger partial charge is 0.314 e. The zero-order valence-electron chi connectivity index (χ0n) is 31.9. The van der Waals surface area contributed by atoms with Crippen LogP contribution in [0.25, 0.3) is 0 Å². The van der Waals surface area contributed by atoms with Crippen molar-refractivity contribution in [2.45, 2.75) is 75.6 Å². The molecule has 292 valence electrons. The lowest BCUT2D eigenvalue weighted by atomic mass is 9.75. The van der Waals surface area contributed by atoms with Crippen LogP contribution in [-0.2, 0) is 25.0 Å². The average molecular weight is 781 g/mol. The number of carbonyl (C=O) groups is 1. The minimum atomic E-state index is -1.31.